The second kappa shape index (κ2) is 11.1. The Hall–Kier alpha value is -4.29. The number of aryl methyl sites for hydroxylation is 1. The summed E-state index contributed by atoms with van der Waals surface area (Å²) in [4.78, 5) is 12.7. The first-order chi connectivity index (χ1) is 19.1. The van der Waals surface area contributed by atoms with Crippen molar-refractivity contribution in [3.05, 3.63) is 112 Å². The van der Waals surface area contributed by atoms with Gasteiger partial charge < -0.3 is 20.1 Å². The number of carbonyl (C=O) groups excluding carboxylic acids is 1. The van der Waals surface area contributed by atoms with Crippen molar-refractivity contribution in [2.75, 3.05) is 24.3 Å². The molecule has 5 rings (SSSR count). The molecule has 1 heterocycles. The first kappa shape index (κ1) is 27.3. The molecule has 0 unspecified atom stereocenters. The maximum Gasteiger partial charge on any atom is 0.345 e. The fraction of sp³-hybridized carbons (Fsp3) is 0.182. The molecule has 0 radical (unpaired) electrons. The summed E-state index contributed by atoms with van der Waals surface area (Å²) < 4.78 is 25.1. The predicted molar refractivity (Wildman–Crippen MR) is 160 cm³/mol. The lowest BCUT2D eigenvalue weighted by Crippen LogP contribution is -2.32. The molecular weight excluding hydrogens is 527 g/mol. The summed E-state index contributed by atoms with van der Waals surface area (Å²) in [6, 6.07) is 23.0. The number of halogens is 2. The zero-order chi connectivity index (χ0) is 28.4. The van der Waals surface area contributed by atoms with Gasteiger partial charge in [0, 0.05) is 35.1 Å². The van der Waals surface area contributed by atoms with Crippen LogP contribution in [0.25, 0.3) is 16.7 Å². The van der Waals surface area contributed by atoms with E-state index in [1.54, 1.807) is 49.6 Å². The molecule has 5 nitrogen and oxygen atoms in total. The van der Waals surface area contributed by atoms with Crippen LogP contribution in [0.5, 0.6) is 11.5 Å². The van der Waals surface area contributed by atoms with Crippen LogP contribution < -0.4 is 20.1 Å². The van der Waals surface area contributed by atoms with Crippen LogP contribution in [0.3, 0.4) is 0 Å². The average Bonchev–Trinajstić information content (AvgIpc) is 2.92. The average molecular weight is 557 g/mol. The van der Waals surface area contributed by atoms with Gasteiger partial charge in [0.1, 0.15) is 17.3 Å². The molecule has 7 heteroatoms. The normalized spacial score (nSPS) is 13.5. The van der Waals surface area contributed by atoms with E-state index in [1.165, 1.54) is 12.1 Å². The first-order valence-electron chi connectivity index (χ1n) is 12.9. The number of benzene rings is 4. The van der Waals surface area contributed by atoms with Gasteiger partial charge in [0.15, 0.2) is 0 Å². The fourth-order valence-electron chi connectivity index (χ4n) is 4.87. The third-order valence-corrected chi connectivity index (χ3v) is 7.14. The lowest BCUT2D eigenvalue weighted by molar-refractivity contribution is 0.0734. The highest BCUT2D eigenvalue weighted by Gasteiger charge is 2.25. The van der Waals surface area contributed by atoms with Gasteiger partial charge in [-0.3, -0.25) is 0 Å². The van der Waals surface area contributed by atoms with Crippen LogP contribution in [-0.2, 0) is 0 Å². The number of carbonyl (C=O) groups is 1. The molecule has 1 aliphatic rings. The lowest BCUT2D eigenvalue weighted by Gasteiger charge is -2.33. The van der Waals surface area contributed by atoms with Gasteiger partial charge in [0.25, 0.3) is 0 Å². The topological polar surface area (TPSA) is 59.6 Å². The van der Waals surface area contributed by atoms with Crippen molar-refractivity contribution >= 4 is 34.5 Å². The maximum absolute atomic E-state index is 13.9. The second-order valence-corrected chi connectivity index (χ2v) is 10.7. The largest absolute Gasteiger partial charge is 0.496 e. The number of nitrogens with one attached hydrogen (secondary N) is 2. The van der Waals surface area contributed by atoms with Crippen LogP contribution in [0.1, 0.15) is 35.3 Å². The number of ether oxygens (including phenoxy) is 2. The van der Waals surface area contributed by atoms with Crippen molar-refractivity contribution in [2.24, 2.45) is 0 Å². The summed E-state index contributed by atoms with van der Waals surface area (Å²) in [5.74, 6) is 0.0943. The van der Waals surface area contributed by atoms with E-state index in [0.717, 1.165) is 39.2 Å². The number of anilines is 2. The molecule has 2 N–H and O–H groups in total. The molecule has 4 aromatic rings. The summed E-state index contributed by atoms with van der Waals surface area (Å²) in [6.07, 6.45) is 2.19. The smallest absolute Gasteiger partial charge is 0.345 e. The molecule has 0 saturated carbocycles. The molecule has 0 atom stereocenters. The molecule has 0 spiro atoms. The van der Waals surface area contributed by atoms with Crippen LogP contribution in [0.2, 0.25) is 5.02 Å². The molecule has 0 fully saturated rings. The van der Waals surface area contributed by atoms with Gasteiger partial charge in [0.05, 0.1) is 23.2 Å². The number of fused-ring (bicyclic) bond motifs is 1. The summed E-state index contributed by atoms with van der Waals surface area (Å²) in [6.45, 7) is 6.71. The van der Waals surface area contributed by atoms with Crippen molar-refractivity contribution in [3.8, 4) is 22.6 Å². The van der Waals surface area contributed by atoms with Gasteiger partial charge in [0.2, 0.25) is 0 Å². The third-order valence-electron chi connectivity index (χ3n) is 6.81. The highest BCUT2D eigenvalue weighted by atomic mass is 35.5. The van der Waals surface area contributed by atoms with Gasteiger partial charge in [-0.2, -0.15) is 0 Å². The summed E-state index contributed by atoms with van der Waals surface area (Å²) in [5.41, 5.74) is 6.70. The van der Waals surface area contributed by atoms with Gasteiger partial charge in [-0.25, -0.2) is 9.18 Å². The molecule has 0 aromatic heterocycles. The van der Waals surface area contributed by atoms with Crippen LogP contribution in [0, 0.1) is 12.7 Å². The molecule has 0 bridgehead atoms. The van der Waals surface area contributed by atoms with Crippen LogP contribution in [0.15, 0.2) is 84.9 Å². The molecule has 0 saturated heterocycles. The minimum atomic E-state index is -0.543. The summed E-state index contributed by atoms with van der Waals surface area (Å²) >= 11 is 6.15. The number of methoxy groups -OCH3 is 1. The Morgan fingerprint density at radius 2 is 1.80 bits per heavy atom. The van der Waals surface area contributed by atoms with E-state index in [2.05, 4.69) is 42.7 Å². The zero-order valence-electron chi connectivity index (χ0n) is 22.8. The van der Waals surface area contributed by atoms with Gasteiger partial charge in [-0.05, 0) is 86.0 Å². The Morgan fingerprint density at radius 1 is 1.00 bits per heavy atom. The first-order valence-corrected chi connectivity index (χ1v) is 13.3. The summed E-state index contributed by atoms with van der Waals surface area (Å²) in [7, 11) is 1.58. The molecule has 40 heavy (non-hydrogen) atoms. The van der Waals surface area contributed by atoms with Gasteiger partial charge in [-0.1, -0.05) is 41.9 Å². The van der Waals surface area contributed by atoms with E-state index in [4.69, 9.17) is 21.1 Å². The predicted octanol–water partition coefficient (Wildman–Crippen LogP) is 8.38. The number of rotatable bonds is 7. The Kier molecular flexibility index (Phi) is 7.55. The lowest BCUT2D eigenvalue weighted by atomic mass is 9.88. The third kappa shape index (κ3) is 5.82. The molecule has 0 aliphatic carbocycles. The fourth-order valence-corrected chi connectivity index (χ4v) is 5.08. The van der Waals surface area contributed by atoms with Crippen molar-refractivity contribution < 1.29 is 18.7 Å². The molecular formula is C33H30ClFN2O3. The Labute approximate surface area is 238 Å². The molecule has 204 valence electrons. The van der Waals surface area contributed by atoms with Crippen molar-refractivity contribution in [2.45, 2.75) is 26.3 Å². The quantitative estimate of drug-likeness (QED) is 0.177. The van der Waals surface area contributed by atoms with E-state index >= 15 is 0 Å². The van der Waals surface area contributed by atoms with E-state index in [-0.39, 0.29) is 11.4 Å². The number of esters is 1. The molecule has 1 aliphatic heterocycles. The Bertz CT molecular complexity index is 1630. The Balaban J connectivity index is 1.44. The SMILES string of the molecule is COc1cc(OC(=O)c2ccccc2Cl)ccc1-c1ccc2c(c1)C(CNc1cc(F)ccc1C)=CC(C)(C)N2. The minimum Gasteiger partial charge on any atom is -0.496 e. The second-order valence-electron chi connectivity index (χ2n) is 10.3. The van der Waals surface area contributed by atoms with Crippen molar-refractivity contribution in [1.29, 1.82) is 0 Å². The monoisotopic (exact) mass is 556 g/mol. The maximum atomic E-state index is 13.9. The molecule has 0 amide bonds. The highest BCUT2D eigenvalue weighted by molar-refractivity contribution is 6.33. The van der Waals surface area contributed by atoms with E-state index in [1.807, 2.05) is 19.1 Å². The number of hydrogen-bond donors (Lipinski definition) is 2. The highest BCUT2D eigenvalue weighted by Crippen LogP contribution is 2.40. The van der Waals surface area contributed by atoms with E-state index in [0.29, 0.717) is 28.6 Å². The van der Waals surface area contributed by atoms with Gasteiger partial charge >= 0.3 is 5.97 Å². The van der Waals surface area contributed by atoms with Crippen LogP contribution in [0.4, 0.5) is 15.8 Å². The zero-order valence-corrected chi connectivity index (χ0v) is 23.5. The van der Waals surface area contributed by atoms with Crippen LogP contribution in [-0.4, -0.2) is 25.2 Å². The van der Waals surface area contributed by atoms with Crippen molar-refractivity contribution in [1.82, 2.24) is 0 Å². The molecule has 4 aromatic carbocycles. The van der Waals surface area contributed by atoms with Crippen molar-refractivity contribution in [3.63, 3.8) is 0 Å². The van der Waals surface area contributed by atoms with Crippen LogP contribution >= 0.6 is 11.6 Å². The summed E-state index contributed by atoms with van der Waals surface area (Å²) in [5, 5.41) is 7.31. The minimum absolute atomic E-state index is 0.257. The van der Waals surface area contributed by atoms with Gasteiger partial charge in [-0.15, -0.1) is 0 Å². The van der Waals surface area contributed by atoms with E-state index < -0.39 is 5.97 Å². The standard InChI is InChI=1S/C33H30ClFN2O3/c1-20-9-11-23(35)16-30(20)36-19-22-18-33(2,3)37-29-14-10-21(15-27(22)29)25-13-12-24(17-31(25)39-4)40-32(38)26-7-5-6-8-28(26)34/h5-18,36-37H,19H2,1-4H3. The Morgan fingerprint density at radius 3 is 2.58 bits per heavy atom. The number of hydrogen-bond acceptors (Lipinski definition) is 5. The van der Waals surface area contributed by atoms with E-state index in [9.17, 15) is 9.18 Å².